The SMILES string of the molecule is Cc1cc(N)ncc1CNC(=O)c1cnn(Cc2ccccc2)c1. The first-order valence-corrected chi connectivity index (χ1v) is 7.67. The van der Waals surface area contributed by atoms with E-state index in [1.807, 2.05) is 37.3 Å². The number of nitrogen functional groups attached to an aromatic ring is 1. The van der Waals surface area contributed by atoms with E-state index in [-0.39, 0.29) is 5.91 Å². The van der Waals surface area contributed by atoms with Crippen LogP contribution in [0.2, 0.25) is 0 Å². The maximum atomic E-state index is 12.3. The molecule has 0 spiro atoms. The van der Waals surface area contributed by atoms with Gasteiger partial charge in [-0.3, -0.25) is 9.48 Å². The van der Waals surface area contributed by atoms with Crippen LogP contribution in [0.25, 0.3) is 0 Å². The van der Waals surface area contributed by atoms with Gasteiger partial charge in [0.2, 0.25) is 0 Å². The molecule has 0 aliphatic heterocycles. The summed E-state index contributed by atoms with van der Waals surface area (Å²) < 4.78 is 1.75. The van der Waals surface area contributed by atoms with E-state index in [1.165, 1.54) is 0 Å². The van der Waals surface area contributed by atoms with Gasteiger partial charge in [-0.1, -0.05) is 30.3 Å². The van der Waals surface area contributed by atoms with Crippen molar-refractivity contribution < 1.29 is 4.79 Å². The summed E-state index contributed by atoms with van der Waals surface area (Å²) in [6.45, 7) is 2.98. The topological polar surface area (TPSA) is 85.8 Å². The number of carbonyl (C=O) groups excluding carboxylic acids is 1. The number of amides is 1. The van der Waals surface area contributed by atoms with Crippen molar-refractivity contribution in [3.63, 3.8) is 0 Å². The summed E-state index contributed by atoms with van der Waals surface area (Å²) in [5, 5.41) is 7.12. The predicted octanol–water partition coefficient (Wildman–Crippen LogP) is 2.15. The van der Waals surface area contributed by atoms with Gasteiger partial charge in [0.05, 0.1) is 18.3 Å². The average Bonchev–Trinajstić information content (AvgIpc) is 3.03. The number of aryl methyl sites for hydroxylation is 1. The van der Waals surface area contributed by atoms with Crippen LogP contribution >= 0.6 is 0 Å². The summed E-state index contributed by atoms with van der Waals surface area (Å²) in [4.78, 5) is 16.3. The molecule has 0 unspecified atom stereocenters. The third-order valence-corrected chi connectivity index (χ3v) is 3.76. The Morgan fingerprint density at radius 2 is 2.04 bits per heavy atom. The Kier molecular flexibility index (Phi) is 4.56. The number of nitrogens with zero attached hydrogens (tertiary/aromatic N) is 3. The molecule has 3 rings (SSSR count). The zero-order valence-corrected chi connectivity index (χ0v) is 13.4. The minimum Gasteiger partial charge on any atom is -0.384 e. The van der Waals surface area contributed by atoms with Gasteiger partial charge in [0, 0.05) is 18.9 Å². The van der Waals surface area contributed by atoms with Crippen LogP contribution in [-0.2, 0) is 13.1 Å². The van der Waals surface area contributed by atoms with Crippen molar-refractivity contribution in [1.82, 2.24) is 20.1 Å². The summed E-state index contributed by atoms with van der Waals surface area (Å²) in [5.74, 6) is 0.315. The van der Waals surface area contributed by atoms with Gasteiger partial charge in [-0.15, -0.1) is 0 Å². The smallest absolute Gasteiger partial charge is 0.254 e. The highest BCUT2D eigenvalue weighted by molar-refractivity contribution is 5.93. The minimum absolute atomic E-state index is 0.162. The molecule has 122 valence electrons. The Hall–Kier alpha value is -3.15. The van der Waals surface area contributed by atoms with Crippen molar-refractivity contribution in [2.45, 2.75) is 20.0 Å². The monoisotopic (exact) mass is 321 g/mol. The van der Waals surface area contributed by atoms with Crippen molar-refractivity contribution in [2.24, 2.45) is 0 Å². The predicted molar refractivity (Wildman–Crippen MR) is 92.3 cm³/mol. The molecule has 0 saturated carbocycles. The van der Waals surface area contributed by atoms with Gasteiger partial charge in [-0.2, -0.15) is 5.10 Å². The van der Waals surface area contributed by atoms with E-state index in [9.17, 15) is 4.79 Å². The number of benzene rings is 1. The van der Waals surface area contributed by atoms with E-state index < -0.39 is 0 Å². The fourth-order valence-corrected chi connectivity index (χ4v) is 2.41. The zero-order chi connectivity index (χ0) is 16.9. The normalized spacial score (nSPS) is 10.5. The molecule has 24 heavy (non-hydrogen) atoms. The first-order valence-electron chi connectivity index (χ1n) is 7.67. The molecule has 6 nitrogen and oxygen atoms in total. The van der Waals surface area contributed by atoms with Crippen LogP contribution in [0.15, 0.2) is 55.0 Å². The molecule has 2 aromatic heterocycles. The maximum absolute atomic E-state index is 12.3. The molecule has 6 heteroatoms. The molecule has 1 aromatic carbocycles. The fourth-order valence-electron chi connectivity index (χ4n) is 2.41. The van der Waals surface area contributed by atoms with Gasteiger partial charge in [-0.25, -0.2) is 4.98 Å². The van der Waals surface area contributed by atoms with Crippen molar-refractivity contribution in [2.75, 3.05) is 5.73 Å². The van der Waals surface area contributed by atoms with Crippen LogP contribution < -0.4 is 11.1 Å². The molecule has 2 heterocycles. The number of hydrogen-bond acceptors (Lipinski definition) is 4. The molecule has 0 atom stereocenters. The zero-order valence-electron chi connectivity index (χ0n) is 13.4. The largest absolute Gasteiger partial charge is 0.384 e. The number of aromatic nitrogens is 3. The summed E-state index contributed by atoms with van der Waals surface area (Å²) in [7, 11) is 0. The third kappa shape index (κ3) is 3.78. The maximum Gasteiger partial charge on any atom is 0.254 e. The Bertz CT molecular complexity index is 842. The van der Waals surface area contributed by atoms with E-state index in [0.29, 0.717) is 24.5 Å². The molecule has 0 aliphatic rings. The molecule has 3 aromatic rings. The number of carbonyl (C=O) groups is 1. The summed E-state index contributed by atoms with van der Waals surface area (Å²) in [6.07, 6.45) is 5.01. The molecule has 0 aliphatic carbocycles. The van der Waals surface area contributed by atoms with Crippen molar-refractivity contribution in [3.8, 4) is 0 Å². The second-order valence-corrected chi connectivity index (χ2v) is 5.63. The second-order valence-electron chi connectivity index (χ2n) is 5.63. The fraction of sp³-hybridized carbons (Fsp3) is 0.167. The van der Waals surface area contributed by atoms with Crippen LogP contribution in [0.3, 0.4) is 0 Å². The second kappa shape index (κ2) is 6.95. The molecule has 0 fully saturated rings. The lowest BCUT2D eigenvalue weighted by Gasteiger charge is -2.07. The highest BCUT2D eigenvalue weighted by Crippen LogP contribution is 2.10. The van der Waals surface area contributed by atoms with E-state index >= 15 is 0 Å². The van der Waals surface area contributed by atoms with Gasteiger partial charge < -0.3 is 11.1 Å². The van der Waals surface area contributed by atoms with Gasteiger partial charge in [0.15, 0.2) is 0 Å². The van der Waals surface area contributed by atoms with Crippen LogP contribution in [0.5, 0.6) is 0 Å². The highest BCUT2D eigenvalue weighted by atomic mass is 16.1. The standard InChI is InChI=1S/C18H19N5O/c1-13-7-17(19)20-8-15(13)9-21-18(24)16-10-22-23(12-16)11-14-5-3-2-4-6-14/h2-8,10,12H,9,11H2,1H3,(H2,19,20)(H,21,24). The average molecular weight is 321 g/mol. The molecule has 0 saturated heterocycles. The Balaban J connectivity index is 1.61. The first kappa shape index (κ1) is 15.7. The van der Waals surface area contributed by atoms with E-state index in [1.54, 1.807) is 29.3 Å². The Morgan fingerprint density at radius 3 is 2.79 bits per heavy atom. The van der Waals surface area contributed by atoms with Crippen molar-refractivity contribution in [3.05, 3.63) is 77.2 Å². The molecular weight excluding hydrogens is 302 g/mol. The highest BCUT2D eigenvalue weighted by Gasteiger charge is 2.09. The summed E-state index contributed by atoms with van der Waals surface area (Å²) in [5.41, 5.74) is 9.24. The Morgan fingerprint density at radius 1 is 1.25 bits per heavy atom. The van der Waals surface area contributed by atoms with Gasteiger partial charge in [0.25, 0.3) is 5.91 Å². The van der Waals surface area contributed by atoms with E-state index in [2.05, 4.69) is 15.4 Å². The molecular formula is C18H19N5O. The summed E-state index contributed by atoms with van der Waals surface area (Å²) >= 11 is 0. The number of nitrogens with one attached hydrogen (secondary N) is 1. The number of hydrogen-bond donors (Lipinski definition) is 2. The molecule has 0 bridgehead atoms. The van der Waals surface area contributed by atoms with Gasteiger partial charge >= 0.3 is 0 Å². The molecule has 3 N–H and O–H groups in total. The van der Waals surface area contributed by atoms with E-state index in [4.69, 9.17) is 5.73 Å². The van der Waals surface area contributed by atoms with Crippen LogP contribution in [-0.4, -0.2) is 20.7 Å². The van der Waals surface area contributed by atoms with Crippen LogP contribution in [0.4, 0.5) is 5.82 Å². The number of pyridine rings is 1. The first-order chi connectivity index (χ1) is 11.6. The molecule has 1 amide bonds. The molecule has 0 radical (unpaired) electrons. The lowest BCUT2D eigenvalue weighted by atomic mass is 10.1. The third-order valence-electron chi connectivity index (χ3n) is 3.76. The van der Waals surface area contributed by atoms with Gasteiger partial charge in [-0.05, 0) is 29.7 Å². The quantitative estimate of drug-likeness (QED) is 0.754. The minimum atomic E-state index is -0.162. The lowest BCUT2D eigenvalue weighted by molar-refractivity contribution is 0.0951. The Labute approximate surface area is 140 Å². The number of anilines is 1. The van der Waals surface area contributed by atoms with E-state index in [0.717, 1.165) is 16.7 Å². The van der Waals surface area contributed by atoms with Crippen molar-refractivity contribution >= 4 is 11.7 Å². The number of nitrogens with two attached hydrogens (primary N) is 1. The van der Waals surface area contributed by atoms with Crippen LogP contribution in [0, 0.1) is 6.92 Å². The van der Waals surface area contributed by atoms with Gasteiger partial charge in [0.1, 0.15) is 5.82 Å². The number of rotatable bonds is 5. The lowest BCUT2D eigenvalue weighted by Crippen LogP contribution is -2.23. The van der Waals surface area contributed by atoms with Crippen molar-refractivity contribution in [1.29, 1.82) is 0 Å². The van der Waals surface area contributed by atoms with Crippen LogP contribution in [0.1, 0.15) is 27.0 Å². The summed E-state index contributed by atoms with van der Waals surface area (Å²) in [6, 6.07) is 11.8.